The van der Waals surface area contributed by atoms with E-state index in [-0.39, 0.29) is 12.7 Å². The molecule has 0 bridgehead atoms. The topological polar surface area (TPSA) is 65.0 Å². The maximum atomic E-state index is 12.7. The third-order valence-corrected chi connectivity index (χ3v) is 5.61. The third kappa shape index (κ3) is 7.63. The Labute approximate surface area is 189 Å². The van der Waals surface area contributed by atoms with Gasteiger partial charge in [-0.05, 0) is 75.7 Å². The monoisotopic (exact) mass is 472 g/mol. The second-order valence-corrected chi connectivity index (χ2v) is 8.66. The Morgan fingerprint density at radius 2 is 1.78 bits per heavy atom. The number of alkyl halides is 3. The van der Waals surface area contributed by atoms with Crippen molar-refractivity contribution in [2.45, 2.75) is 50.5 Å². The minimum Gasteiger partial charge on any atom is -0.491 e. The molecule has 0 saturated heterocycles. The molecule has 0 spiro atoms. The molecule has 0 radical (unpaired) electrons. The molecule has 0 aliphatic carbocycles. The molecule has 0 amide bonds. The van der Waals surface area contributed by atoms with Crippen LogP contribution in [0.2, 0.25) is 0 Å². The van der Waals surface area contributed by atoms with E-state index in [4.69, 9.17) is 14.2 Å². The van der Waals surface area contributed by atoms with Gasteiger partial charge in [-0.15, -0.1) is 11.8 Å². The van der Waals surface area contributed by atoms with E-state index < -0.39 is 23.3 Å². The van der Waals surface area contributed by atoms with Crippen molar-refractivity contribution < 1.29 is 37.3 Å². The van der Waals surface area contributed by atoms with E-state index in [1.165, 1.54) is 37.7 Å². The molecule has 0 aliphatic heterocycles. The fourth-order valence-corrected chi connectivity index (χ4v) is 3.64. The van der Waals surface area contributed by atoms with E-state index in [1.807, 2.05) is 26.0 Å². The van der Waals surface area contributed by atoms with Crippen LogP contribution in [0.4, 0.5) is 13.2 Å². The van der Waals surface area contributed by atoms with Crippen molar-refractivity contribution in [3.8, 4) is 11.5 Å². The summed E-state index contributed by atoms with van der Waals surface area (Å²) in [4.78, 5) is 12.2. The molecule has 1 N–H and O–H groups in total. The SMILES string of the molecule is CCOC(COc1ccc(C(F)(F)F)cc1)CSc1ccc(OC(C)(C)C(=O)O)c(C)c1. The van der Waals surface area contributed by atoms with Crippen LogP contribution in [-0.4, -0.2) is 41.7 Å². The molecule has 1 atom stereocenters. The largest absolute Gasteiger partial charge is 0.491 e. The number of carbonyl (C=O) groups is 1. The number of ether oxygens (including phenoxy) is 3. The summed E-state index contributed by atoms with van der Waals surface area (Å²) in [5.74, 6) is 0.345. The summed E-state index contributed by atoms with van der Waals surface area (Å²) >= 11 is 1.53. The molecule has 2 rings (SSSR count). The van der Waals surface area contributed by atoms with Crippen molar-refractivity contribution in [1.29, 1.82) is 0 Å². The number of carboxylic acids is 1. The van der Waals surface area contributed by atoms with Gasteiger partial charge in [-0.2, -0.15) is 13.2 Å². The molecule has 0 aromatic heterocycles. The standard InChI is InChI=1S/C23H27F3O5S/c1-5-29-18(13-30-17-8-6-16(7-9-17)23(24,25)26)14-32-19-10-11-20(15(2)12-19)31-22(3,4)21(27)28/h6-12,18H,5,13-14H2,1-4H3,(H,27,28). The molecule has 1 unspecified atom stereocenters. The average Bonchev–Trinajstić information content (AvgIpc) is 2.71. The molecular formula is C23H27F3O5S. The van der Waals surface area contributed by atoms with E-state index >= 15 is 0 Å². The van der Waals surface area contributed by atoms with Gasteiger partial charge < -0.3 is 19.3 Å². The first-order valence-electron chi connectivity index (χ1n) is 10.00. The number of hydrogen-bond donors (Lipinski definition) is 1. The van der Waals surface area contributed by atoms with Crippen LogP contribution in [0.15, 0.2) is 47.4 Å². The van der Waals surface area contributed by atoms with Gasteiger partial charge in [0.2, 0.25) is 0 Å². The van der Waals surface area contributed by atoms with Crippen molar-refractivity contribution in [2.24, 2.45) is 0 Å². The zero-order valence-corrected chi connectivity index (χ0v) is 19.2. The Hall–Kier alpha value is -2.39. The molecule has 0 heterocycles. The van der Waals surface area contributed by atoms with Crippen molar-refractivity contribution >= 4 is 17.7 Å². The van der Waals surface area contributed by atoms with Crippen LogP contribution in [0, 0.1) is 6.92 Å². The summed E-state index contributed by atoms with van der Waals surface area (Å²) in [6.45, 7) is 7.33. The predicted molar refractivity (Wildman–Crippen MR) is 117 cm³/mol. The van der Waals surface area contributed by atoms with Crippen molar-refractivity contribution in [3.63, 3.8) is 0 Å². The van der Waals surface area contributed by atoms with Crippen LogP contribution >= 0.6 is 11.8 Å². The zero-order valence-electron chi connectivity index (χ0n) is 18.4. The Balaban J connectivity index is 1.94. The second-order valence-electron chi connectivity index (χ2n) is 7.57. The molecule has 0 saturated carbocycles. The third-order valence-electron chi connectivity index (χ3n) is 4.48. The van der Waals surface area contributed by atoms with Crippen LogP contribution in [0.1, 0.15) is 31.9 Å². The lowest BCUT2D eigenvalue weighted by Gasteiger charge is -2.23. The number of aryl methyl sites for hydroxylation is 1. The molecular weight excluding hydrogens is 445 g/mol. The number of halogens is 3. The summed E-state index contributed by atoms with van der Waals surface area (Å²) in [6.07, 6.45) is -4.65. The van der Waals surface area contributed by atoms with Gasteiger partial charge in [-0.1, -0.05) is 0 Å². The van der Waals surface area contributed by atoms with Crippen LogP contribution in [0.3, 0.4) is 0 Å². The second kappa shape index (κ2) is 11.0. The van der Waals surface area contributed by atoms with Gasteiger partial charge in [0.05, 0.1) is 5.56 Å². The van der Waals surface area contributed by atoms with Crippen molar-refractivity contribution in [3.05, 3.63) is 53.6 Å². The van der Waals surface area contributed by atoms with Gasteiger partial charge in [0.15, 0.2) is 5.60 Å². The van der Waals surface area contributed by atoms with Gasteiger partial charge >= 0.3 is 12.1 Å². The quantitative estimate of drug-likeness (QED) is 0.415. The minimum atomic E-state index is -4.38. The Morgan fingerprint density at radius 3 is 2.31 bits per heavy atom. The fourth-order valence-electron chi connectivity index (χ4n) is 2.64. The number of aliphatic carboxylic acids is 1. The Kier molecular flexibility index (Phi) is 8.86. The molecule has 2 aromatic rings. The lowest BCUT2D eigenvalue weighted by molar-refractivity contribution is -0.152. The number of rotatable bonds is 11. The van der Waals surface area contributed by atoms with E-state index in [1.54, 1.807) is 6.07 Å². The highest BCUT2D eigenvalue weighted by molar-refractivity contribution is 7.99. The highest BCUT2D eigenvalue weighted by atomic mass is 32.2. The van der Waals surface area contributed by atoms with Crippen molar-refractivity contribution in [1.82, 2.24) is 0 Å². The van der Waals surface area contributed by atoms with Crippen LogP contribution in [-0.2, 0) is 15.7 Å². The maximum absolute atomic E-state index is 12.7. The van der Waals surface area contributed by atoms with Gasteiger partial charge in [0.25, 0.3) is 0 Å². The van der Waals surface area contributed by atoms with Gasteiger partial charge in [0.1, 0.15) is 24.2 Å². The van der Waals surface area contributed by atoms with E-state index in [2.05, 4.69) is 0 Å². The first kappa shape index (κ1) is 25.9. The van der Waals surface area contributed by atoms with Crippen LogP contribution in [0.5, 0.6) is 11.5 Å². The normalized spacial score (nSPS) is 13.0. The Bertz CT molecular complexity index is 897. The molecule has 176 valence electrons. The molecule has 0 aliphatic rings. The molecule has 2 aromatic carbocycles. The van der Waals surface area contributed by atoms with E-state index in [0.29, 0.717) is 23.9 Å². The fraction of sp³-hybridized carbons (Fsp3) is 0.435. The lowest BCUT2D eigenvalue weighted by Crippen LogP contribution is -2.38. The van der Waals surface area contributed by atoms with Gasteiger partial charge in [0, 0.05) is 17.3 Å². The highest BCUT2D eigenvalue weighted by Crippen LogP contribution is 2.31. The van der Waals surface area contributed by atoms with E-state index in [0.717, 1.165) is 22.6 Å². The summed E-state index contributed by atoms with van der Waals surface area (Å²) < 4.78 is 54.9. The zero-order chi connectivity index (χ0) is 23.9. The number of hydrogen-bond acceptors (Lipinski definition) is 5. The number of thioether (sulfide) groups is 1. The first-order chi connectivity index (χ1) is 14.9. The van der Waals surface area contributed by atoms with Gasteiger partial charge in [-0.25, -0.2) is 4.79 Å². The van der Waals surface area contributed by atoms with Gasteiger partial charge in [-0.3, -0.25) is 0 Å². The number of benzene rings is 2. The Morgan fingerprint density at radius 1 is 1.12 bits per heavy atom. The van der Waals surface area contributed by atoms with Crippen LogP contribution in [0.25, 0.3) is 0 Å². The smallest absolute Gasteiger partial charge is 0.416 e. The molecule has 5 nitrogen and oxygen atoms in total. The van der Waals surface area contributed by atoms with Crippen LogP contribution < -0.4 is 9.47 Å². The average molecular weight is 473 g/mol. The summed E-state index contributed by atoms with van der Waals surface area (Å²) in [5.41, 5.74) is -1.26. The minimum absolute atomic E-state index is 0.194. The summed E-state index contributed by atoms with van der Waals surface area (Å²) in [7, 11) is 0. The molecule has 32 heavy (non-hydrogen) atoms. The predicted octanol–water partition coefficient (Wildman–Crippen LogP) is 5.83. The number of carboxylic acid groups (broad SMARTS) is 1. The van der Waals surface area contributed by atoms with Crippen molar-refractivity contribution in [2.75, 3.05) is 19.0 Å². The lowest BCUT2D eigenvalue weighted by atomic mass is 10.1. The molecule has 0 fully saturated rings. The van der Waals surface area contributed by atoms with E-state index in [9.17, 15) is 23.1 Å². The molecule has 9 heteroatoms. The summed E-state index contributed by atoms with van der Waals surface area (Å²) in [5, 5.41) is 9.22. The highest BCUT2D eigenvalue weighted by Gasteiger charge is 2.30. The first-order valence-corrected chi connectivity index (χ1v) is 11.0. The summed E-state index contributed by atoms with van der Waals surface area (Å²) in [6, 6.07) is 10.0. The maximum Gasteiger partial charge on any atom is 0.416 e.